The molecule has 0 amide bonds. The monoisotopic (exact) mass is 313 g/mol. The SMILES string of the molecule is COc1ccc(N=CC=Cc2ccc(-c3ccccc3)cc2)cc1. The third-order valence-electron chi connectivity index (χ3n) is 3.69. The topological polar surface area (TPSA) is 21.6 Å². The van der Waals surface area contributed by atoms with Crippen molar-refractivity contribution in [3.63, 3.8) is 0 Å². The Kier molecular flexibility index (Phi) is 5.21. The number of methoxy groups -OCH3 is 1. The van der Waals surface area contributed by atoms with Crippen LogP contribution in [-0.2, 0) is 0 Å². The van der Waals surface area contributed by atoms with E-state index in [0.717, 1.165) is 17.0 Å². The van der Waals surface area contributed by atoms with Crippen LogP contribution in [0.25, 0.3) is 17.2 Å². The molecule has 0 radical (unpaired) electrons. The Hall–Kier alpha value is -3.13. The van der Waals surface area contributed by atoms with Crippen LogP contribution in [0, 0.1) is 0 Å². The van der Waals surface area contributed by atoms with Crippen LogP contribution in [0.4, 0.5) is 5.69 Å². The summed E-state index contributed by atoms with van der Waals surface area (Å²) in [6, 6.07) is 26.5. The van der Waals surface area contributed by atoms with Crippen LogP contribution >= 0.6 is 0 Å². The lowest BCUT2D eigenvalue weighted by Crippen LogP contribution is -1.80. The molecule has 0 saturated heterocycles. The summed E-state index contributed by atoms with van der Waals surface area (Å²) >= 11 is 0. The predicted octanol–water partition coefficient (Wildman–Crippen LogP) is 5.78. The summed E-state index contributed by atoms with van der Waals surface area (Å²) in [5.74, 6) is 0.836. The van der Waals surface area contributed by atoms with Gasteiger partial charge in [-0.05, 0) is 47.0 Å². The van der Waals surface area contributed by atoms with Crippen molar-refractivity contribution in [1.82, 2.24) is 0 Å². The van der Waals surface area contributed by atoms with Gasteiger partial charge < -0.3 is 4.74 Å². The van der Waals surface area contributed by atoms with Crippen molar-refractivity contribution in [3.8, 4) is 16.9 Å². The van der Waals surface area contributed by atoms with E-state index in [2.05, 4.69) is 53.5 Å². The molecule has 0 aliphatic carbocycles. The molecule has 118 valence electrons. The van der Waals surface area contributed by atoms with Gasteiger partial charge in [0.1, 0.15) is 5.75 Å². The molecule has 3 aromatic rings. The average Bonchev–Trinajstić information content (AvgIpc) is 2.67. The van der Waals surface area contributed by atoms with E-state index in [1.165, 1.54) is 11.1 Å². The van der Waals surface area contributed by atoms with Gasteiger partial charge in [-0.1, -0.05) is 60.7 Å². The lowest BCUT2D eigenvalue weighted by molar-refractivity contribution is 0.415. The smallest absolute Gasteiger partial charge is 0.119 e. The van der Waals surface area contributed by atoms with Gasteiger partial charge in [-0.3, -0.25) is 4.99 Å². The van der Waals surface area contributed by atoms with E-state index in [1.807, 2.05) is 42.5 Å². The number of rotatable bonds is 5. The van der Waals surface area contributed by atoms with Crippen molar-refractivity contribution in [2.75, 3.05) is 7.11 Å². The van der Waals surface area contributed by atoms with Gasteiger partial charge in [-0.25, -0.2) is 0 Å². The van der Waals surface area contributed by atoms with Crippen molar-refractivity contribution < 1.29 is 4.74 Å². The number of benzene rings is 3. The Morgan fingerprint density at radius 3 is 2.08 bits per heavy atom. The molecule has 0 fully saturated rings. The normalized spacial score (nSPS) is 11.2. The van der Waals surface area contributed by atoms with E-state index in [-0.39, 0.29) is 0 Å². The standard InChI is InChI=1S/C22H19NO/c1-24-22-15-13-21(14-16-22)23-17-5-6-18-9-11-20(12-10-18)19-7-3-2-4-8-19/h2-17H,1H3. The minimum atomic E-state index is 0.836. The van der Waals surface area contributed by atoms with E-state index in [4.69, 9.17) is 4.74 Å². The molecule has 3 rings (SSSR count). The molecule has 0 aliphatic heterocycles. The number of aliphatic imine (C=N–C) groups is 1. The number of hydrogen-bond acceptors (Lipinski definition) is 2. The van der Waals surface area contributed by atoms with Gasteiger partial charge in [0.25, 0.3) is 0 Å². The fourth-order valence-corrected chi connectivity index (χ4v) is 2.37. The molecule has 0 saturated carbocycles. The van der Waals surface area contributed by atoms with E-state index < -0.39 is 0 Å². The molecule has 0 atom stereocenters. The maximum Gasteiger partial charge on any atom is 0.119 e. The minimum absolute atomic E-state index is 0.836. The van der Waals surface area contributed by atoms with Crippen molar-refractivity contribution in [3.05, 3.63) is 90.5 Å². The highest BCUT2D eigenvalue weighted by Crippen LogP contribution is 2.20. The maximum absolute atomic E-state index is 5.13. The third kappa shape index (κ3) is 4.20. The largest absolute Gasteiger partial charge is 0.497 e. The minimum Gasteiger partial charge on any atom is -0.497 e. The van der Waals surface area contributed by atoms with Gasteiger partial charge in [0, 0.05) is 6.21 Å². The summed E-state index contributed by atoms with van der Waals surface area (Å²) < 4.78 is 5.13. The Bertz CT molecular complexity index is 816. The highest BCUT2D eigenvalue weighted by molar-refractivity contribution is 5.80. The van der Waals surface area contributed by atoms with Crippen LogP contribution in [0.2, 0.25) is 0 Å². The highest BCUT2D eigenvalue weighted by Gasteiger charge is 1.95. The fraction of sp³-hybridized carbons (Fsp3) is 0.0455. The second-order valence-electron chi connectivity index (χ2n) is 5.32. The summed E-state index contributed by atoms with van der Waals surface area (Å²) in [7, 11) is 1.66. The van der Waals surface area contributed by atoms with Gasteiger partial charge >= 0.3 is 0 Å². The molecular weight excluding hydrogens is 294 g/mol. The molecule has 24 heavy (non-hydrogen) atoms. The molecule has 0 bridgehead atoms. The Labute approximate surface area is 142 Å². The van der Waals surface area contributed by atoms with Gasteiger partial charge in [0.15, 0.2) is 0 Å². The number of nitrogens with zero attached hydrogens (tertiary/aromatic N) is 1. The highest BCUT2D eigenvalue weighted by atomic mass is 16.5. The first-order chi connectivity index (χ1) is 11.8. The molecule has 0 N–H and O–H groups in total. The van der Waals surface area contributed by atoms with Crippen LogP contribution in [0.3, 0.4) is 0 Å². The second-order valence-corrected chi connectivity index (χ2v) is 5.32. The number of allylic oxidation sites excluding steroid dienone is 1. The molecular formula is C22H19NO. The lowest BCUT2D eigenvalue weighted by Gasteiger charge is -2.01. The van der Waals surface area contributed by atoms with E-state index in [0.29, 0.717) is 0 Å². The molecule has 2 nitrogen and oxygen atoms in total. The molecule has 2 heteroatoms. The Morgan fingerprint density at radius 1 is 0.750 bits per heavy atom. The summed E-state index contributed by atoms with van der Waals surface area (Å²) in [6.45, 7) is 0. The molecule has 0 aromatic heterocycles. The summed E-state index contributed by atoms with van der Waals surface area (Å²) in [5.41, 5.74) is 4.50. The van der Waals surface area contributed by atoms with Crippen LogP contribution in [0.1, 0.15) is 5.56 Å². The van der Waals surface area contributed by atoms with Crippen molar-refractivity contribution >= 4 is 18.0 Å². The van der Waals surface area contributed by atoms with E-state index in [9.17, 15) is 0 Å². The maximum atomic E-state index is 5.13. The molecule has 0 heterocycles. The fourth-order valence-electron chi connectivity index (χ4n) is 2.37. The quantitative estimate of drug-likeness (QED) is 0.547. The molecule has 3 aromatic carbocycles. The van der Waals surface area contributed by atoms with E-state index in [1.54, 1.807) is 13.3 Å². The van der Waals surface area contributed by atoms with E-state index >= 15 is 0 Å². The average molecular weight is 313 g/mol. The predicted molar refractivity (Wildman–Crippen MR) is 102 cm³/mol. The first-order valence-corrected chi connectivity index (χ1v) is 7.85. The lowest BCUT2D eigenvalue weighted by atomic mass is 10.0. The van der Waals surface area contributed by atoms with Gasteiger partial charge in [0.2, 0.25) is 0 Å². The summed E-state index contributed by atoms with van der Waals surface area (Å²) in [4.78, 5) is 4.39. The third-order valence-corrected chi connectivity index (χ3v) is 3.69. The summed E-state index contributed by atoms with van der Waals surface area (Å²) in [6.07, 6.45) is 5.79. The second kappa shape index (κ2) is 7.93. The van der Waals surface area contributed by atoms with Crippen LogP contribution in [0.5, 0.6) is 5.75 Å². The Balaban J connectivity index is 1.63. The number of ether oxygens (including phenoxy) is 1. The Morgan fingerprint density at radius 2 is 1.42 bits per heavy atom. The number of hydrogen-bond donors (Lipinski definition) is 0. The summed E-state index contributed by atoms with van der Waals surface area (Å²) in [5, 5.41) is 0. The van der Waals surface area contributed by atoms with Gasteiger partial charge in [0.05, 0.1) is 12.8 Å². The zero-order chi connectivity index (χ0) is 16.6. The van der Waals surface area contributed by atoms with Crippen molar-refractivity contribution in [2.24, 2.45) is 4.99 Å². The van der Waals surface area contributed by atoms with Crippen LogP contribution in [-0.4, -0.2) is 13.3 Å². The zero-order valence-corrected chi connectivity index (χ0v) is 13.6. The van der Waals surface area contributed by atoms with Crippen molar-refractivity contribution in [2.45, 2.75) is 0 Å². The van der Waals surface area contributed by atoms with Crippen LogP contribution < -0.4 is 4.74 Å². The molecule has 0 unspecified atom stereocenters. The first kappa shape index (κ1) is 15.8. The van der Waals surface area contributed by atoms with Gasteiger partial charge in [-0.15, -0.1) is 0 Å². The van der Waals surface area contributed by atoms with Gasteiger partial charge in [-0.2, -0.15) is 0 Å². The first-order valence-electron chi connectivity index (χ1n) is 7.85. The molecule has 0 aliphatic rings. The van der Waals surface area contributed by atoms with Crippen molar-refractivity contribution in [1.29, 1.82) is 0 Å². The molecule has 0 spiro atoms. The zero-order valence-electron chi connectivity index (χ0n) is 13.6. The van der Waals surface area contributed by atoms with Crippen LogP contribution in [0.15, 0.2) is 89.9 Å².